The van der Waals surface area contributed by atoms with Crippen molar-refractivity contribution < 1.29 is 38.8 Å². The molecule has 14 rings (SSSR count). The van der Waals surface area contributed by atoms with E-state index in [9.17, 15) is 73.5 Å². The summed E-state index contributed by atoms with van der Waals surface area (Å²) < 4.78 is 25.9. The number of benzene rings is 4. The molecule has 5 N–H and O–H groups in total. The highest BCUT2D eigenvalue weighted by Gasteiger charge is 2.26. The van der Waals surface area contributed by atoms with Crippen molar-refractivity contribution in [2.45, 2.75) is 83.3 Å². The molecule has 0 bridgehead atoms. The Kier molecular flexibility index (Phi) is 24.7. The summed E-state index contributed by atoms with van der Waals surface area (Å²) >= 11 is 10.0. The van der Waals surface area contributed by atoms with Gasteiger partial charge in [0.15, 0.2) is 34.0 Å². The quantitative estimate of drug-likeness (QED) is 0.0470. The third-order valence-corrected chi connectivity index (χ3v) is 20.6. The summed E-state index contributed by atoms with van der Waals surface area (Å²) in [5.74, 6) is -1.78. The predicted octanol–water partition coefficient (Wildman–Crippen LogP) is 13.7. The largest absolute Gasteiger partial charge is 0.507 e. The van der Waals surface area contributed by atoms with Crippen LogP contribution in [0.5, 0.6) is 28.7 Å². The highest BCUT2D eigenvalue weighted by molar-refractivity contribution is 9.11. The van der Waals surface area contributed by atoms with Crippen LogP contribution in [-0.4, -0.2) is 57.5 Å². The van der Waals surface area contributed by atoms with Crippen LogP contribution in [0.15, 0.2) is 276 Å². The third-order valence-electron chi connectivity index (χ3n) is 17.5. The Labute approximate surface area is 650 Å². The molecule has 4 aromatic carbocycles. The van der Waals surface area contributed by atoms with Gasteiger partial charge in [0.1, 0.15) is 56.7 Å². The van der Waals surface area contributed by atoms with Crippen LogP contribution >= 0.6 is 59.6 Å². The van der Waals surface area contributed by atoms with Crippen LogP contribution in [0, 0.1) is 20.8 Å². The van der Waals surface area contributed by atoms with Crippen molar-refractivity contribution in [2.75, 3.05) is 0 Å². The lowest BCUT2D eigenvalue weighted by Gasteiger charge is -2.15. The van der Waals surface area contributed by atoms with Gasteiger partial charge in [-0.25, -0.2) is 14.4 Å². The van der Waals surface area contributed by atoms with Crippen molar-refractivity contribution in [3.05, 3.63) is 325 Å². The fourth-order valence-electron chi connectivity index (χ4n) is 12.5. The lowest BCUT2D eigenvalue weighted by Crippen LogP contribution is -2.27. The van der Waals surface area contributed by atoms with E-state index < -0.39 is 39.3 Å². The maximum absolute atomic E-state index is 13.1. The van der Waals surface area contributed by atoms with E-state index in [1.807, 2.05) is 56.3 Å². The zero-order valence-electron chi connectivity index (χ0n) is 59.3. The molecule has 0 saturated carbocycles. The van der Waals surface area contributed by atoms with Gasteiger partial charge in [-0.15, -0.1) is 39.5 Å². The van der Waals surface area contributed by atoms with E-state index in [0.717, 1.165) is 28.3 Å². The summed E-state index contributed by atoms with van der Waals surface area (Å²) in [4.78, 5) is 124. The Morgan fingerprint density at radius 1 is 0.373 bits per heavy atom. The molecule has 0 radical (unpaired) electrons. The van der Waals surface area contributed by atoms with Crippen molar-refractivity contribution in [1.82, 2.24) is 32.0 Å². The third kappa shape index (κ3) is 15.1. The second-order valence-corrected chi connectivity index (χ2v) is 27.8. The van der Waals surface area contributed by atoms with Crippen LogP contribution < -0.4 is 55.8 Å². The fraction of sp³-hybridized carbons (Fsp3) is 0.136. The van der Waals surface area contributed by atoms with Gasteiger partial charge in [-0.1, -0.05) is 96.7 Å². The minimum Gasteiger partial charge on any atom is -0.507 e. The van der Waals surface area contributed by atoms with Gasteiger partial charge >= 0.3 is 16.9 Å². The first-order valence-corrected chi connectivity index (χ1v) is 36.5. The van der Waals surface area contributed by atoms with E-state index in [4.69, 9.17) is 13.3 Å². The summed E-state index contributed by atoms with van der Waals surface area (Å²) in [7, 11) is 0. The summed E-state index contributed by atoms with van der Waals surface area (Å²) in [6, 6.07) is 33.2. The molecule has 0 aliphatic heterocycles. The van der Waals surface area contributed by atoms with E-state index in [-0.39, 0.29) is 133 Å². The van der Waals surface area contributed by atoms with Gasteiger partial charge in [-0.05, 0) is 142 Å². The van der Waals surface area contributed by atoms with Crippen LogP contribution in [0.4, 0.5) is 0 Å². The predicted molar refractivity (Wildman–Crippen MR) is 441 cm³/mol. The van der Waals surface area contributed by atoms with Gasteiger partial charge in [0.2, 0.25) is 0 Å². The Morgan fingerprint density at radius 3 is 1.22 bits per heavy atom. The molecule has 25 nitrogen and oxygen atoms in total. The number of para-hydroxylation sites is 2. The highest BCUT2D eigenvalue weighted by Crippen LogP contribution is 2.38. The summed E-state index contributed by atoms with van der Waals surface area (Å²) in [5, 5.41) is 53.2. The first-order chi connectivity index (χ1) is 52.6. The lowest BCUT2D eigenvalue weighted by molar-refractivity contribution is 0.446. The average Bonchev–Trinajstić information content (AvgIpc) is 0.758. The van der Waals surface area contributed by atoms with Crippen molar-refractivity contribution in [2.24, 2.45) is 0 Å². The first-order valence-electron chi connectivity index (χ1n) is 33.3. The van der Waals surface area contributed by atoms with Gasteiger partial charge < -0.3 is 70.8 Å². The number of aromatic nitrogens is 7. The molecule has 110 heavy (non-hydrogen) atoms. The molecule has 0 unspecified atom stereocenters. The van der Waals surface area contributed by atoms with E-state index in [1.54, 1.807) is 122 Å². The number of nitrogens with zero attached hydrogens (tertiary/aromatic N) is 7. The minimum absolute atomic E-state index is 0.00594. The van der Waals surface area contributed by atoms with E-state index in [2.05, 4.69) is 87.3 Å². The molecule has 0 spiro atoms. The van der Waals surface area contributed by atoms with E-state index >= 15 is 0 Å². The number of fused-ring (bicyclic) bond motifs is 11. The van der Waals surface area contributed by atoms with Crippen molar-refractivity contribution >= 4 is 147 Å². The molecule has 14 aromatic rings. The number of aryl methyl sites for hydroxylation is 4. The summed E-state index contributed by atoms with van der Waals surface area (Å²) in [5.41, 5.74) is 0.541. The molecule has 0 aliphatic rings. The molecule has 0 atom stereocenters. The van der Waals surface area contributed by atoms with Crippen molar-refractivity contribution in [3.8, 4) is 28.7 Å². The highest BCUT2D eigenvalue weighted by atomic mass is 79.9. The van der Waals surface area contributed by atoms with Gasteiger partial charge in [-0.2, -0.15) is 0 Å². The van der Waals surface area contributed by atoms with Crippen molar-refractivity contribution in [1.29, 1.82) is 0 Å². The van der Waals surface area contributed by atoms with Crippen LogP contribution in [0.3, 0.4) is 0 Å². The van der Waals surface area contributed by atoms with Crippen molar-refractivity contribution in [3.63, 3.8) is 0 Å². The number of aromatic hydroxyl groups is 5. The number of halogens is 3. The minimum atomic E-state index is -0.731. The van der Waals surface area contributed by atoms with E-state index in [1.165, 1.54) is 27.4 Å². The van der Waals surface area contributed by atoms with Gasteiger partial charge in [0.25, 0.3) is 38.9 Å². The van der Waals surface area contributed by atoms with Gasteiger partial charge in [-0.3, -0.25) is 33.6 Å². The molecule has 562 valence electrons. The topological polar surface area (TPSA) is 346 Å². The first kappa shape index (κ1) is 80.2. The number of hydrogen-bond acceptors (Lipinski definition) is 19. The number of rotatable bonds is 15. The SMILES string of the molecule is C=CCn1c(=O)c2c(O)c(Br)c(=O)oc2c2ccccc21.C=CCn1c(=O)c2c(O)c(Sc3ccccc3)c(=O)oc2c2ccccc21.C=CCn1c(C)cc2c(c(O)c(Br)c(=O)n2CC=C)c1=O.C=CCn1c(C)cc2c(c(O)cc(=O)n2CC=C)c1=O.CCn1c(=O)c2c(O)c(Br)c(=O)oc2c2ccc(C)cc21. The smallest absolute Gasteiger partial charge is 0.354 e. The molecule has 29 heteroatoms. The summed E-state index contributed by atoms with van der Waals surface area (Å²) in [6.45, 7) is 31.3. The second kappa shape index (κ2) is 33.9. The Balaban J connectivity index is 0.000000147. The Morgan fingerprint density at radius 2 is 0.745 bits per heavy atom. The molecule has 0 fully saturated rings. The number of hydrogen-bond donors (Lipinski definition) is 5. The second-order valence-electron chi connectivity index (χ2n) is 24.3. The zero-order valence-corrected chi connectivity index (χ0v) is 64.9. The average molecular weight is 1700 g/mol. The summed E-state index contributed by atoms with van der Waals surface area (Å²) in [6.07, 6.45) is 9.54. The number of allylic oxidation sites excluding steroid dienone is 6. The molecule has 10 heterocycles. The monoisotopic (exact) mass is 1700 g/mol. The fourth-order valence-corrected chi connectivity index (χ4v) is 14.3. The van der Waals surface area contributed by atoms with E-state index in [0.29, 0.717) is 74.8 Å². The van der Waals surface area contributed by atoms with Gasteiger partial charge in [0, 0.05) is 84.3 Å². The molecule has 10 aromatic heterocycles. The van der Waals surface area contributed by atoms with Crippen LogP contribution in [-0.2, 0) is 45.8 Å². The van der Waals surface area contributed by atoms with Crippen LogP contribution in [0.1, 0.15) is 23.9 Å². The lowest BCUT2D eigenvalue weighted by atomic mass is 10.1. The van der Waals surface area contributed by atoms with Crippen LogP contribution in [0.2, 0.25) is 0 Å². The maximum atomic E-state index is 13.1. The maximum Gasteiger partial charge on any atom is 0.354 e. The Bertz CT molecular complexity index is 6860. The standard InChI is InChI=1S/C21H15NO4S.C15H15BrN2O3.C15H12BrNO4.C15H10BrNO4.C15H16N2O3/c1-2-12-22-15-11-7-6-10-14(15)18-16(20(22)24)17(23)19(21(25)26-18)27-13-8-4-3-5-9-13;1-4-6-17-9(3)8-10-11(14(17)20)13(19)12(16)15(21)18(10)7-5-2;1-3-17-9-6-7(2)4-5-8(9)13-10(14(17)19)12(18)11(16)15(20)21-13;1-2-7-17-9-6-4-3-5-8(9)13-10(14(17)19)12(18)11(16)15(20)21-13;1-4-6-16-10(3)8-11-14(15(16)20)12(18)9-13(19)17(11)7-5-2/h2-11,23H,1,12H2;4-5,8,19H,1-2,6-7H2,3H3;4-6,18H,3H2,1-2H3;2-6,18H,1,7H2;4-5,8-9,18H,1-2,6-7H2,3H3. The zero-order chi connectivity index (χ0) is 80.0. The molecule has 0 amide bonds. The molecular weight excluding hydrogens is 1630 g/mol. The molecule has 0 saturated heterocycles. The Hall–Kier alpha value is -12.3. The normalized spacial score (nSPS) is 11.0. The molecule has 0 aliphatic carbocycles. The van der Waals surface area contributed by atoms with Gasteiger partial charge in [0.05, 0.1) is 27.6 Å². The molecular formula is C81H68Br3N7O18S. The number of pyridine rings is 7. The van der Waals surface area contributed by atoms with Crippen LogP contribution in [0.25, 0.3) is 87.4 Å².